The number of rotatable bonds is 3. The number of hydrogen-bond acceptors (Lipinski definition) is 3. The Morgan fingerprint density at radius 2 is 1.30 bits per heavy atom. The van der Waals surface area contributed by atoms with Gasteiger partial charge in [0.15, 0.2) is 0 Å². The molecule has 8 rings (SSSR count). The van der Waals surface area contributed by atoms with Crippen molar-refractivity contribution in [2.24, 2.45) is 5.92 Å². The molecule has 3 heterocycles. The molecule has 206 valence electrons. The van der Waals surface area contributed by atoms with Crippen LogP contribution in [0.15, 0.2) is 122 Å². The Morgan fingerprint density at radius 1 is 0.581 bits per heavy atom. The van der Waals surface area contributed by atoms with Crippen molar-refractivity contribution in [2.45, 2.75) is 26.7 Å². The predicted molar refractivity (Wildman–Crippen MR) is 180 cm³/mol. The second-order valence-corrected chi connectivity index (χ2v) is 11.7. The zero-order chi connectivity index (χ0) is 29.1. The Morgan fingerprint density at radius 3 is 2.12 bits per heavy atom. The first-order chi connectivity index (χ1) is 21.1. The minimum Gasteiger partial charge on any atom is -0.264 e. The summed E-state index contributed by atoms with van der Waals surface area (Å²) in [7, 11) is 0. The molecular weight excluding hydrogens is 522 g/mol. The van der Waals surface area contributed by atoms with Crippen LogP contribution in [0.25, 0.3) is 65.7 Å². The summed E-state index contributed by atoms with van der Waals surface area (Å²) in [4.78, 5) is 15.2. The van der Waals surface area contributed by atoms with Crippen LogP contribution in [0.3, 0.4) is 0 Å². The quantitative estimate of drug-likeness (QED) is 0.161. The first-order valence-electron chi connectivity index (χ1n) is 15.0. The Balaban J connectivity index is 1.58. The highest BCUT2D eigenvalue weighted by Gasteiger charge is 2.26. The van der Waals surface area contributed by atoms with Gasteiger partial charge in [-0.3, -0.25) is 9.97 Å². The molecule has 2 unspecified atom stereocenters. The van der Waals surface area contributed by atoms with Crippen LogP contribution in [-0.4, -0.2) is 15.0 Å². The van der Waals surface area contributed by atoms with Crippen LogP contribution in [0, 0.1) is 19.8 Å². The van der Waals surface area contributed by atoms with E-state index in [-0.39, 0.29) is 5.92 Å². The van der Waals surface area contributed by atoms with Crippen molar-refractivity contribution < 1.29 is 0 Å². The molecule has 1 aliphatic rings. The van der Waals surface area contributed by atoms with Crippen LogP contribution in [0.2, 0.25) is 0 Å². The van der Waals surface area contributed by atoms with Gasteiger partial charge >= 0.3 is 0 Å². The lowest BCUT2D eigenvalue weighted by atomic mass is 9.81. The molecule has 2 atom stereocenters. The van der Waals surface area contributed by atoms with E-state index in [1.54, 1.807) is 0 Å². The smallest absolute Gasteiger partial charge is 0.0791 e. The number of allylic oxidation sites excluding steroid dienone is 4. The summed E-state index contributed by atoms with van der Waals surface area (Å²) in [5.74, 6) is 0.514. The first kappa shape index (κ1) is 25.6. The van der Waals surface area contributed by atoms with Gasteiger partial charge in [-0.25, -0.2) is 4.98 Å². The third-order valence-corrected chi connectivity index (χ3v) is 9.18. The monoisotopic (exact) mass is 553 g/mol. The van der Waals surface area contributed by atoms with Crippen LogP contribution in [0.4, 0.5) is 0 Å². The minimum absolute atomic E-state index is 0.177. The van der Waals surface area contributed by atoms with Gasteiger partial charge in [-0.1, -0.05) is 98.0 Å². The number of benzene rings is 4. The third kappa shape index (κ3) is 3.99. The highest BCUT2D eigenvalue weighted by atomic mass is 14.7. The number of aryl methyl sites for hydroxylation is 2. The van der Waals surface area contributed by atoms with Gasteiger partial charge in [0.2, 0.25) is 0 Å². The Bertz CT molecular complexity index is 2260. The maximum Gasteiger partial charge on any atom is 0.0791 e. The maximum absolute atomic E-state index is 5.51. The molecule has 1 aliphatic carbocycles. The highest BCUT2D eigenvalue weighted by Crippen LogP contribution is 2.46. The molecule has 43 heavy (non-hydrogen) atoms. The second-order valence-electron chi connectivity index (χ2n) is 11.7. The Labute approximate surface area is 251 Å². The van der Waals surface area contributed by atoms with E-state index in [0.29, 0.717) is 5.92 Å². The number of nitrogens with zero attached hydrogens (tertiary/aromatic N) is 3. The predicted octanol–water partition coefficient (Wildman–Crippen LogP) is 10.3. The average molecular weight is 554 g/mol. The standard InChI is InChI=1S/C40H31N3/c1-24-12-7-8-16-30(24)40-38-26(3)35-31-17-9-10-18-33(31)42-39(27-13-5-4-6-14-27)37(35)25(2)36(38)32-20-19-28(22-34(32)43-40)29-15-11-21-41-23-29/h4-24,30H,1-3H3. The summed E-state index contributed by atoms with van der Waals surface area (Å²) in [6.07, 6.45) is 12.7. The van der Waals surface area contributed by atoms with Crippen molar-refractivity contribution in [3.63, 3.8) is 0 Å². The molecular formula is C40H31N3. The summed E-state index contributed by atoms with van der Waals surface area (Å²) in [6, 6.07) is 30.0. The number of aromatic nitrogens is 3. The minimum atomic E-state index is 0.177. The van der Waals surface area contributed by atoms with Gasteiger partial charge < -0.3 is 0 Å². The number of fused-ring (bicyclic) bond motifs is 6. The van der Waals surface area contributed by atoms with Crippen molar-refractivity contribution in [1.29, 1.82) is 0 Å². The summed E-state index contributed by atoms with van der Waals surface area (Å²) in [5.41, 5.74) is 10.1. The van der Waals surface area contributed by atoms with Gasteiger partial charge in [0.25, 0.3) is 0 Å². The van der Waals surface area contributed by atoms with Gasteiger partial charge in [-0.15, -0.1) is 0 Å². The van der Waals surface area contributed by atoms with Crippen molar-refractivity contribution in [3.05, 3.63) is 138 Å². The van der Waals surface area contributed by atoms with E-state index >= 15 is 0 Å². The zero-order valence-electron chi connectivity index (χ0n) is 24.5. The molecule has 3 nitrogen and oxygen atoms in total. The summed E-state index contributed by atoms with van der Waals surface area (Å²) < 4.78 is 0. The molecule has 0 N–H and O–H groups in total. The maximum atomic E-state index is 5.51. The van der Waals surface area contributed by atoms with Gasteiger partial charge in [0.05, 0.1) is 22.4 Å². The molecule has 0 amide bonds. The van der Waals surface area contributed by atoms with Crippen molar-refractivity contribution >= 4 is 43.4 Å². The van der Waals surface area contributed by atoms with E-state index in [9.17, 15) is 0 Å². The van der Waals surface area contributed by atoms with E-state index in [1.165, 1.54) is 43.4 Å². The number of para-hydroxylation sites is 1. The van der Waals surface area contributed by atoms with E-state index in [4.69, 9.17) is 9.97 Å². The van der Waals surface area contributed by atoms with E-state index < -0.39 is 0 Å². The average Bonchev–Trinajstić information content (AvgIpc) is 3.06. The molecule has 0 saturated heterocycles. The van der Waals surface area contributed by atoms with Crippen molar-refractivity contribution in [3.8, 4) is 22.4 Å². The lowest BCUT2D eigenvalue weighted by Gasteiger charge is -2.26. The summed E-state index contributed by atoms with van der Waals surface area (Å²) in [6.45, 7) is 6.87. The molecule has 0 fully saturated rings. The van der Waals surface area contributed by atoms with Gasteiger partial charge in [0, 0.05) is 51.0 Å². The van der Waals surface area contributed by atoms with Gasteiger partial charge in [-0.05, 0) is 65.4 Å². The topological polar surface area (TPSA) is 38.7 Å². The van der Waals surface area contributed by atoms with Crippen molar-refractivity contribution in [1.82, 2.24) is 15.0 Å². The van der Waals surface area contributed by atoms with Crippen LogP contribution < -0.4 is 0 Å². The molecule has 3 aromatic heterocycles. The fraction of sp³-hybridized carbons (Fsp3) is 0.125. The van der Waals surface area contributed by atoms with Crippen LogP contribution >= 0.6 is 0 Å². The van der Waals surface area contributed by atoms with Crippen LogP contribution in [0.5, 0.6) is 0 Å². The van der Waals surface area contributed by atoms with Crippen LogP contribution in [-0.2, 0) is 0 Å². The van der Waals surface area contributed by atoms with E-state index in [1.807, 2.05) is 18.5 Å². The fourth-order valence-corrected chi connectivity index (χ4v) is 7.09. The summed E-state index contributed by atoms with van der Waals surface area (Å²) >= 11 is 0. The third-order valence-electron chi connectivity index (χ3n) is 9.18. The Kier molecular flexibility index (Phi) is 5.94. The highest BCUT2D eigenvalue weighted by molar-refractivity contribution is 6.24. The molecule has 0 saturated carbocycles. The molecule has 7 aromatic rings. The van der Waals surface area contributed by atoms with Crippen LogP contribution in [0.1, 0.15) is 29.7 Å². The molecule has 0 bridgehead atoms. The molecule has 0 aliphatic heterocycles. The number of pyridine rings is 3. The lowest BCUT2D eigenvalue weighted by molar-refractivity contribution is 0.626. The van der Waals surface area contributed by atoms with Gasteiger partial charge in [-0.2, -0.15) is 0 Å². The molecule has 0 spiro atoms. The molecule has 4 aromatic carbocycles. The lowest BCUT2D eigenvalue weighted by Crippen LogP contribution is -2.11. The van der Waals surface area contributed by atoms with Gasteiger partial charge in [0.1, 0.15) is 0 Å². The second kappa shape index (κ2) is 9.99. The Hall–Kier alpha value is -5.15. The number of hydrogen-bond donors (Lipinski definition) is 0. The molecule has 3 heteroatoms. The summed E-state index contributed by atoms with van der Waals surface area (Å²) in [5, 5.41) is 7.38. The SMILES string of the molecule is Cc1c2c(C3C=CC=CC3C)nc3cc(-c4cccnc4)ccc3c2c(C)c2c(-c3ccccc3)nc3ccccc3c12. The zero-order valence-corrected chi connectivity index (χ0v) is 24.5. The fourth-order valence-electron chi connectivity index (χ4n) is 7.09. The largest absolute Gasteiger partial charge is 0.264 e. The first-order valence-corrected chi connectivity index (χ1v) is 15.0. The van der Waals surface area contributed by atoms with Crippen molar-refractivity contribution in [2.75, 3.05) is 0 Å². The van der Waals surface area contributed by atoms with E-state index in [0.717, 1.165) is 39.1 Å². The van der Waals surface area contributed by atoms with E-state index in [2.05, 4.69) is 129 Å². The molecule has 0 radical (unpaired) electrons. The normalized spacial score (nSPS) is 16.5.